The summed E-state index contributed by atoms with van der Waals surface area (Å²) in [5.74, 6) is 5.71. The summed E-state index contributed by atoms with van der Waals surface area (Å²) in [4.78, 5) is 8.72. The van der Waals surface area contributed by atoms with Crippen LogP contribution in [0.2, 0.25) is 0 Å². The molecule has 88 valence electrons. The first-order chi connectivity index (χ1) is 8.29. The summed E-state index contributed by atoms with van der Waals surface area (Å²) in [5, 5.41) is 6.64. The highest BCUT2D eigenvalue weighted by molar-refractivity contribution is 8.13. The van der Waals surface area contributed by atoms with Gasteiger partial charge in [-0.05, 0) is 12.1 Å². The molecular weight excluding hydrogens is 254 g/mol. The summed E-state index contributed by atoms with van der Waals surface area (Å²) in [6.07, 6.45) is 1.75. The minimum absolute atomic E-state index is 0.359. The van der Waals surface area contributed by atoms with Gasteiger partial charge in [-0.2, -0.15) is 5.10 Å². The van der Waals surface area contributed by atoms with Gasteiger partial charge in [0.25, 0.3) is 0 Å². The SMILES string of the molecule is NN=C(N)SCc1csc(-c2ccccn2)n1. The van der Waals surface area contributed by atoms with E-state index in [4.69, 9.17) is 11.6 Å². The fourth-order valence-corrected chi connectivity index (χ4v) is 2.58. The Morgan fingerprint density at radius 2 is 2.35 bits per heavy atom. The summed E-state index contributed by atoms with van der Waals surface area (Å²) >= 11 is 2.93. The summed E-state index contributed by atoms with van der Waals surface area (Å²) in [6.45, 7) is 0. The number of nitrogens with zero attached hydrogens (tertiary/aromatic N) is 3. The van der Waals surface area contributed by atoms with Crippen molar-refractivity contribution in [3.63, 3.8) is 0 Å². The predicted molar refractivity (Wildman–Crippen MR) is 72.4 cm³/mol. The van der Waals surface area contributed by atoms with E-state index in [2.05, 4.69) is 15.1 Å². The van der Waals surface area contributed by atoms with Crippen LogP contribution in [0.4, 0.5) is 0 Å². The Hall–Kier alpha value is -1.60. The monoisotopic (exact) mass is 265 g/mol. The van der Waals surface area contributed by atoms with Crippen LogP contribution in [0, 0.1) is 0 Å². The van der Waals surface area contributed by atoms with E-state index in [1.165, 1.54) is 11.8 Å². The van der Waals surface area contributed by atoms with Gasteiger partial charge in [-0.3, -0.25) is 4.98 Å². The predicted octanol–water partition coefficient (Wildman–Crippen LogP) is 1.63. The van der Waals surface area contributed by atoms with Crippen molar-refractivity contribution < 1.29 is 0 Å². The van der Waals surface area contributed by atoms with Crippen LogP contribution in [0.5, 0.6) is 0 Å². The largest absolute Gasteiger partial charge is 0.377 e. The quantitative estimate of drug-likeness (QED) is 0.381. The molecule has 0 spiro atoms. The highest BCUT2D eigenvalue weighted by Gasteiger charge is 2.06. The van der Waals surface area contributed by atoms with Gasteiger partial charge in [0, 0.05) is 17.3 Å². The number of pyridine rings is 1. The van der Waals surface area contributed by atoms with Crippen molar-refractivity contribution >= 4 is 28.3 Å². The highest BCUT2D eigenvalue weighted by atomic mass is 32.2. The highest BCUT2D eigenvalue weighted by Crippen LogP contribution is 2.23. The number of hydrogen-bond donors (Lipinski definition) is 2. The van der Waals surface area contributed by atoms with E-state index in [0.717, 1.165) is 16.4 Å². The van der Waals surface area contributed by atoms with E-state index in [1.807, 2.05) is 23.6 Å². The average Bonchev–Trinajstić information content (AvgIpc) is 2.86. The first kappa shape index (κ1) is 11.9. The molecule has 0 bridgehead atoms. The molecule has 7 heteroatoms. The van der Waals surface area contributed by atoms with E-state index < -0.39 is 0 Å². The molecular formula is C10H11N5S2. The Bertz CT molecular complexity index is 508. The minimum Gasteiger partial charge on any atom is -0.377 e. The lowest BCUT2D eigenvalue weighted by Crippen LogP contribution is -2.09. The van der Waals surface area contributed by atoms with Gasteiger partial charge in [-0.25, -0.2) is 4.98 Å². The molecule has 2 aromatic rings. The number of nitrogens with two attached hydrogens (primary N) is 2. The maximum absolute atomic E-state index is 5.49. The lowest BCUT2D eigenvalue weighted by molar-refractivity contribution is 1.21. The third-order valence-electron chi connectivity index (χ3n) is 1.93. The third-order valence-corrected chi connectivity index (χ3v) is 3.69. The molecule has 2 heterocycles. The number of aromatic nitrogens is 2. The molecule has 0 radical (unpaired) electrons. The summed E-state index contributed by atoms with van der Waals surface area (Å²) in [5.41, 5.74) is 7.32. The zero-order chi connectivity index (χ0) is 12.1. The summed E-state index contributed by atoms with van der Waals surface area (Å²) < 4.78 is 0. The van der Waals surface area contributed by atoms with E-state index in [1.54, 1.807) is 17.5 Å². The normalized spacial score (nSPS) is 11.6. The molecule has 0 amide bonds. The molecule has 0 aliphatic carbocycles. The van der Waals surface area contributed by atoms with Gasteiger partial charge in [-0.1, -0.05) is 17.8 Å². The van der Waals surface area contributed by atoms with Crippen LogP contribution in [-0.4, -0.2) is 15.1 Å². The first-order valence-electron chi connectivity index (χ1n) is 4.81. The van der Waals surface area contributed by atoms with Crippen molar-refractivity contribution in [2.24, 2.45) is 16.7 Å². The summed E-state index contributed by atoms with van der Waals surface area (Å²) in [6, 6.07) is 5.76. The lowest BCUT2D eigenvalue weighted by atomic mass is 10.4. The second kappa shape index (κ2) is 5.65. The Morgan fingerprint density at radius 3 is 3.06 bits per heavy atom. The van der Waals surface area contributed by atoms with Gasteiger partial charge in [-0.15, -0.1) is 11.3 Å². The second-order valence-electron chi connectivity index (χ2n) is 3.11. The van der Waals surface area contributed by atoms with Gasteiger partial charge in [0.15, 0.2) is 5.17 Å². The number of amidine groups is 1. The molecule has 2 rings (SSSR count). The number of hydrogen-bond acceptors (Lipinski definition) is 6. The molecule has 0 saturated heterocycles. The van der Waals surface area contributed by atoms with Gasteiger partial charge < -0.3 is 11.6 Å². The Labute approximate surface area is 107 Å². The molecule has 0 aliphatic heterocycles. The van der Waals surface area contributed by atoms with E-state index in [0.29, 0.717) is 10.9 Å². The van der Waals surface area contributed by atoms with E-state index >= 15 is 0 Å². The fourth-order valence-electron chi connectivity index (χ4n) is 1.17. The van der Waals surface area contributed by atoms with Gasteiger partial charge in [0.2, 0.25) is 0 Å². The van der Waals surface area contributed by atoms with Crippen molar-refractivity contribution in [2.45, 2.75) is 5.75 Å². The number of thiazole rings is 1. The molecule has 0 unspecified atom stereocenters. The zero-order valence-corrected chi connectivity index (χ0v) is 10.5. The topological polar surface area (TPSA) is 90.2 Å². The van der Waals surface area contributed by atoms with Crippen molar-refractivity contribution in [3.05, 3.63) is 35.5 Å². The smallest absolute Gasteiger partial charge is 0.177 e. The average molecular weight is 265 g/mol. The minimum atomic E-state index is 0.359. The van der Waals surface area contributed by atoms with Crippen molar-refractivity contribution in [1.82, 2.24) is 9.97 Å². The van der Waals surface area contributed by atoms with Crippen LogP contribution in [0.25, 0.3) is 10.7 Å². The first-order valence-corrected chi connectivity index (χ1v) is 6.68. The van der Waals surface area contributed by atoms with Gasteiger partial charge in [0.1, 0.15) is 5.01 Å². The Balaban J connectivity index is 2.06. The maximum Gasteiger partial charge on any atom is 0.177 e. The molecule has 0 aliphatic rings. The van der Waals surface area contributed by atoms with Crippen LogP contribution >= 0.6 is 23.1 Å². The number of thioether (sulfide) groups is 1. The van der Waals surface area contributed by atoms with Crippen LogP contribution < -0.4 is 11.6 Å². The van der Waals surface area contributed by atoms with Crippen molar-refractivity contribution in [2.75, 3.05) is 0 Å². The fraction of sp³-hybridized carbons (Fsp3) is 0.100. The molecule has 4 N–H and O–H groups in total. The molecule has 0 aromatic carbocycles. The Morgan fingerprint density at radius 1 is 1.47 bits per heavy atom. The van der Waals surface area contributed by atoms with Crippen LogP contribution in [0.1, 0.15) is 5.69 Å². The molecule has 5 nitrogen and oxygen atoms in total. The number of hydrazone groups is 1. The molecule has 2 aromatic heterocycles. The second-order valence-corrected chi connectivity index (χ2v) is 4.97. The van der Waals surface area contributed by atoms with Gasteiger partial charge >= 0.3 is 0 Å². The van der Waals surface area contributed by atoms with Crippen molar-refractivity contribution in [3.8, 4) is 10.7 Å². The Kier molecular flexibility index (Phi) is 3.94. The lowest BCUT2D eigenvalue weighted by Gasteiger charge is -1.95. The van der Waals surface area contributed by atoms with Crippen molar-refractivity contribution in [1.29, 1.82) is 0 Å². The van der Waals surface area contributed by atoms with Crippen LogP contribution in [-0.2, 0) is 5.75 Å². The standard InChI is InChI=1S/C10H11N5S2/c11-10(15-12)17-6-7-5-16-9(14-7)8-3-1-2-4-13-8/h1-5H,6,12H2,(H2,11,15). The summed E-state index contributed by atoms with van der Waals surface area (Å²) in [7, 11) is 0. The molecule has 17 heavy (non-hydrogen) atoms. The van der Waals surface area contributed by atoms with Crippen LogP contribution in [0.3, 0.4) is 0 Å². The molecule has 0 atom stereocenters. The van der Waals surface area contributed by atoms with E-state index in [-0.39, 0.29) is 0 Å². The van der Waals surface area contributed by atoms with Crippen LogP contribution in [0.15, 0.2) is 34.9 Å². The van der Waals surface area contributed by atoms with E-state index in [9.17, 15) is 0 Å². The van der Waals surface area contributed by atoms with Gasteiger partial charge in [0.05, 0.1) is 11.4 Å². The zero-order valence-electron chi connectivity index (χ0n) is 8.91. The molecule has 0 fully saturated rings. The maximum atomic E-state index is 5.49. The number of rotatable bonds is 3. The third kappa shape index (κ3) is 3.18. The molecule has 0 saturated carbocycles.